The van der Waals surface area contributed by atoms with Gasteiger partial charge in [-0.1, -0.05) is 11.8 Å². The van der Waals surface area contributed by atoms with E-state index in [-0.39, 0.29) is 12.3 Å². The Morgan fingerprint density at radius 2 is 2.29 bits per heavy atom. The van der Waals surface area contributed by atoms with Crippen molar-refractivity contribution in [3.63, 3.8) is 0 Å². The average Bonchev–Trinajstić information content (AvgIpc) is 2.95. The van der Waals surface area contributed by atoms with Crippen LogP contribution in [0.4, 0.5) is 10.1 Å². The molecule has 0 saturated heterocycles. The second-order valence-corrected chi connectivity index (χ2v) is 4.84. The summed E-state index contributed by atoms with van der Waals surface area (Å²) < 4.78 is 18.7. The molecule has 0 saturated carbocycles. The molecule has 6 heteroatoms. The fourth-order valence-electron chi connectivity index (χ4n) is 1.62. The summed E-state index contributed by atoms with van der Waals surface area (Å²) in [6.07, 6.45) is 0. The van der Waals surface area contributed by atoms with Crippen LogP contribution in [0.25, 0.3) is 0 Å². The van der Waals surface area contributed by atoms with E-state index in [9.17, 15) is 9.18 Å². The molecule has 2 aromatic rings. The number of benzene rings is 1. The van der Waals surface area contributed by atoms with E-state index in [1.54, 1.807) is 11.4 Å². The molecule has 0 fully saturated rings. The molecule has 0 aliphatic heterocycles. The number of ether oxygens (including phenoxy) is 1. The minimum atomic E-state index is -0.552. The Labute approximate surface area is 125 Å². The molecule has 1 aromatic carbocycles. The third-order valence-electron chi connectivity index (χ3n) is 2.60. The molecule has 21 heavy (non-hydrogen) atoms. The number of aliphatic hydroxyl groups is 1. The summed E-state index contributed by atoms with van der Waals surface area (Å²) >= 11 is 1.19. The van der Waals surface area contributed by atoms with Crippen LogP contribution in [0, 0.1) is 17.7 Å². The molecule has 0 unspecified atom stereocenters. The number of anilines is 1. The summed E-state index contributed by atoms with van der Waals surface area (Å²) in [6.45, 7) is -0.290. The third-order valence-corrected chi connectivity index (χ3v) is 3.51. The molecule has 0 radical (unpaired) electrons. The smallest absolute Gasteiger partial charge is 0.267 e. The van der Waals surface area contributed by atoms with Crippen molar-refractivity contribution in [3.8, 4) is 17.6 Å². The Morgan fingerprint density at radius 3 is 3.00 bits per heavy atom. The average molecular weight is 305 g/mol. The lowest BCUT2D eigenvalue weighted by molar-refractivity contribution is 0.103. The van der Waals surface area contributed by atoms with E-state index in [4.69, 9.17) is 9.84 Å². The summed E-state index contributed by atoms with van der Waals surface area (Å²) in [6, 6.07) is 5.76. The fourth-order valence-corrected chi connectivity index (χ4v) is 2.37. The van der Waals surface area contributed by atoms with Gasteiger partial charge in [0.2, 0.25) is 0 Å². The molecule has 0 spiro atoms. The number of aliphatic hydroxyl groups excluding tert-OH is 1. The molecular weight excluding hydrogens is 293 g/mol. The van der Waals surface area contributed by atoms with Gasteiger partial charge in [-0.25, -0.2) is 4.39 Å². The van der Waals surface area contributed by atoms with Gasteiger partial charge in [-0.15, -0.1) is 11.3 Å². The van der Waals surface area contributed by atoms with Gasteiger partial charge in [-0.05, 0) is 23.6 Å². The van der Waals surface area contributed by atoms with E-state index >= 15 is 0 Å². The van der Waals surface area contributed by atoms with Crippen molar-refractivity contribution in [2.24, 2.45) is 0 Å². The zero-order chi connectivity index (χ0) is 15.2. The van der Waals surface area contributed by atoms with Crippen LogP contribution < -0.4 is 10.1 Å². The standard InChI is InChI=1S/C15H12FNO3S/c1-20-11-4-5-12(16)13(9-11)17-15(19)14-10(3-2-7-18)6-8-21-14/h4-6,8-9,18H,7H2,1H3,(H,17,19). The highest BCUT2D eigenvalue weighted by molar-refractivity contribution is 7.12. The Balaban J connectivity index is 2.24. The lowest BCUT2D eigenvalue weighted by Crippen LogP contribution is -2.12. The second-order valence-electron chi connectivity index (χ2n) is 3.92. The Bertz CT molecular complexity index is 715. The van der Waals surface area contributed by atoms with Crippen LogP contribution in [0.1, 0.15) is 15.2 Å². The van der Waals surface area contributed by atoms with Gasteiger partial charge in [0.15, 0.2) is 0 Å². The topological polar surface area (TPSA) is 58.6 Å². The lowest BCUT2D eigenvalue weighted by atomic mass is 10.2. The monoisotopic (exact) mass is 305 g/mol. The van der Waals surface area contributed by atoms with Crippen LogP contribution in [-0.4, -0.2) is 24.7 Å². The first kappa shape index (κ1) is 15.0. The van der Waals surface area contributed by atoms with Crippen molar-refractivity contribution in [1.29, 1.82) is 0 Å². The van der Waals surface area contributed by atoms with Gasteiger partial charge in [-0.2, -0.15) is 0 Å². The molecular formula is C15H12FNO3S. The van der Waals surface area contributed by atoms with Gasteiger partial charge in [0.25, 0.3) is 5.91 Å². The van der Waals surface area contributed by atoms with Crippen molar-refractivity contribution in [2.45, 2.75) is 0 Å². The number of methoxy groups -OCH3 is 1. The molecule has 108 valence electrons. The van der Waals surface area contributed by atoms with Crippen molar-refractivity contribution >= 4 is 22.9 Å². The molecule has 2 rings (SSSR count). The minimum absolute atomic E-state index is 0.0359. The van der Waals surface area contributed by atoms with E-state index in [0.29, 0.717) is 16.2 Å². The minimum Gasteiger partial charge on any atom is -0.497 e. The van der Waals surface area contributed by atoms with Gasteiger partial charge < -0.3 is 15.2 Å². The lowest BCUT2D eigenvalue weighted by Gasteiger charge is -2.07. The van der Waals surface area contributed by atoms with Gasteiger partial charge >= 0.3 is 0 Å². The first-order valence-electron chi connectivity index (χ1n) is 5.98. The van der Waals surface area contributed by atoms with Crippen molar-refractivity contribution in [2.75, 3.05) is 19.0 Å². The highest BCUT2D eigenvalue weighted by Crippen LogP contribution is 2.23. The van der Waals surface area contributed by atoms with Crippen molar-refractivity contribution in [1.82, 2.24) is 0 Å². The predicted molar refractivity (Wildman–Crippen MR) is 79.2 cm³/mol. The quantitative estimate of drug-likeness (QED) is 0.857. The second kappa shape index (κ2) is 6.88. The van der Waals surface area contributed by atoms with Crippen molar-refractivity contribution < 1.29 is 19.0 Å². The molecule has 2 N–H and O–H groups in total. The first-order chi connectivity index (χ1) is 10.2. The van der Waals surface area contributed by atoms with E-state index in [0.717, 1.165) is 0 Å². The van der Waals surface area contributed by atoms with Gasteiger partial charge in [0, 0.05) is 11.6 Å². The van der Waals surface area contributed by atoms with Crippen LogP contribution in [0.2, 0.25) is 0 Å². The van der Waals surface area contributed by atoms with E-state index < -0.39 is 11.7 Å². The number of amides is 1. The van der Waals surface area contributed by atoms with Gasteiger partial charge in [0.1, 0.15) is 23.1 Å². The fraction of sp³-hybridized carbons (Fsp3) is 0.133. The predicted octanol–water partition coefficient (Wildman–Crippen LogP) is 2.49. The number of carbonyl (C=O) groups excluding carboxylic acids is 1. The maximum atomic E-state index is 13.7. The largest absolute Gasteiger partial charge is 0.497 e. The highest BCUT2D eigenvalue weighted by atomic mass is 32.1. The van der Waals surface area contributed by atoms with E-state index in [2.05, 4.69) is 17.2 Å². The van der Waals surface area contributed by atoms with E-state index in [1.807, 2.05) is 0 Å². The molecule has 4 nitrogen and oxygen atoms in total. The summed E-state index contributed by atoms with van der Waals surface area (Å²) in [5.41, 5.74) is 0.531. The van der Waals surface area contributed by atoms with Gasteiger partial charge in [-0.3, -0.25) is 4.79 Å². The molecule has 0 aliphatic rings. The number of hydrogen-bond acceptors (Lipinski definition) is 4. The summed E-state index contributed by atoms with van der Waals surface area (Å²) in [5.74, 6) is 4.59. The molecule has 1 heterocycles. The number of rotatable bonds is 3. The summed E-state index contributed by atoms with van der Waals surface area (Å²) in [7, 11) is 1.46. The Hall–Kier alpha value is -2.36. The zero-order valence-electron chi connectivity index (χ0n) is 11.1. The van der Waals surface area contributed by atoms with Crippen LogP contribution in [0.5, 0.6) is 5.75 Å². The first-order valence-corrected chi connectivity index (χ1v) is 6.85. The Morgan fingerprint density at radius 1 is 1.48 bits per heavy atom. The highest BCUT2D eigenvalue weighted by Gasteiger charge is 2.14. The number of nitrogens with one attached hydrogen (secondary N) is 1. The molecule has 0 bridgehead atoms. The number of hydrogen-bond donors (Lipinski definition) is 2. The molecule has 1 aromatic heterocycles. The molecule has 1 amide bonds. The zero-order valence-corrected chi connectivity index (χ0v) is 12.0. The van der Waals surface area contributed by atoms with Crippen molar-refractivity contribution in [3.05, 3.63) is 45.9 Å². The van der Waals surface area contributed by atoms with Crippen LogP contribution in [-0.2, 0) is 0 Å². The maximum Gasteiger partial charge on any atom is 0.267 e. The normalized spacial score (nSPS) is 9.67. The SMILES string of the molecule is COc1ccc(F)c(NC(=O)c2sccc2C#CCO)c1. The van der Waals surface area contributed by atoms with Crippen LogP contribution >= 0.6 is 11.3 Å². The third kappa shape index (κ3) is 3.60. The van der Waals surface area contributed by atoms with E-state index in [1.165, 1.54) is 36.6 Å². The summed E-state index contributed by atoms with van der Waals surface area (Å²) in [5, 5.41) is 12.9. The number of carbonyl (C=O) groups is 1. The Kier molecular flexibility index (Phi) is 4.93. The number of halogens is 1. The van der Waals surface area contributed by atoms with Gasteiger partial charge in [0.05, 0.1) is 12.8 Å². The summed E-state index contributed by atoms with van der Waals surface area (Å²) in [4.78, 5) is 12.5. The number of thiophene rings is 1. The maximum absolute atomic E-state index is 13.7. The molecule has 0 atom stereocenters. The van der Waals surface area contributed by atoms with Crippen LogP contribution in [0.15, 0.2) is 29.6 Å². The molecule has 0 aliphatic carbocycles. The van der Waals surface area contributed by atoms with Crippen LogP contribution in [0.3, 0.4) is 0 Å².